The molecule has 1 saturated heterocycles. The van der Waals surface area contributed by atoms with Crippen LogP contribution >= 0.6 is 0 Å². The van der Waals surface area contributed by atoms with Crippen LogP contribution in [0.3, 0.4) is 0 Å². The molecule has 1 rings (SSSR count). The number of hydrogen-bond acceptors (Lipinski definition) is 3. The first kappa shape index (κ1) is 13.8. The largest absolute Gasteiger partial charge is 2.00 e. The Hall–Kier alpha value is -0.203. The van der Waals surface area contributed by atoms with Crippen LogP contribution in [0.15, 0.2) is 6.08 Å². The number of likely N-dealkylation sites (tertiary alicyclic amines) is 1. The molecule has 4 nitrogen and oxygen atoms in total. The molecule has 0 aliphatic carbocycles. The maximum atomic E-state index is 11.1. The van der Waals surface area contributed by atoms with Crippen LogP contribution in [0.5, 0.6) is 0 Å². The minimum Gasteiger partial charge on any atom is -0.542 e. The molecular formula is C8H9BNO3U+. The van der Waals surface area contributed by atoms with Gasteiger partial charge in [-0.3, -0.25) is 11.4 Å². The van der Waals surface area contributed by atoms with Crippen LogP contribution in [0.4, 0.5) is 0 Å². The maximum Gasteiger partial charge on any atom is 2.00 e. The molecule has 1 aliphatic heterocycles. The SMILES string of the molecule is [B]OC(=O)[C@@H]1CCCN1C(=O)C=[CH-].[U+2]. The summed E-state index contributed by atoms with van der Waals surface area (Å²) in [5, 5.41) is 0. The molecule has 6 heteroatoms. The third-order valence-electron chi connectivity index (χ3n) is 2.07. The van der Waals surface area contributed by atoms with Gasteiger partial charge in [0.1, 0.15) is 6.04 Å². The van der Waals surface area contributed by atoms with Crippen molar-refractivity contribution in [1.29, 1.82) is 0 Å². The van der Waals surface area contributed by atoms with Crippen LogP contribution < -0.4 is 0 Å². The molecule has 0 unspecified atom stereocenters. The van der Waals surface area contributed by atoms with Gasteiger partial charge in [0.15, 0.2) is 0 Å². The molecule has 1 heterocycles. The van der Waals surface area contributed by atoms with E-state index in [1.165, 1.54) is 4.90 Å². The van der Waals surface area contributed by atoms with E-state index >= 15 is 0 Å². The third kappa shape index (κ3) is 2.89. The van der Waals surface area contributed by atoms with Crippen molar-refractivity contribution in [2.45, 2.75) is 18.9 Å². The molecule has 0 aromatic rings. The standard InChI is InChI=1S/C8H9BNO3.U/c1-2-7(11)10-5-3-4-6(10)8(12)13-9;/h1-2,6H,3-5H2;/q-1;+2/t6-;/m0./s1. The van der Waals surface area contributed by atoms with Gasteiger partial charge in [0.05, 0.1) is 5.91 Å². The molecule has 0 aromatic heterocycles. The van der Waals surface area contributed by atoms with E-state index in [0.29, 0.717) is 13.0 Å². The summed E-state index contributed by atoms with van der Waals surface area (Å²) in [7, 11) is 4.73. The van der Waals surface area contributed by atoms with E-state index in [4.69, 9.17) is 14.6 Å². The number of hydrogen-bond donors (Lipinski definition) is 0. The first-order valence-electron chi connectivity index (χ1n) is 3.97. The Balaban J connectivity index is 0.00000169. The number of carbonyl (C=O) groups is 2. The summed E-state index contributed by atoms with van der Waals surface area (Å²) >= 11 is 0. The predicted octanol–water partition coefficient (Wildman–Crippen LogP) is -0.407. The second-order valence-electron chi connectivity index (χ2n) is 2.79. The molecule has 0 aromatic carbocycles. The Morgan fingerprint density at radius 2 is 2.21 bits per heavy atom. The first-order chi connectivity index (χ1) is 6.20. The summed E-state index contributed by atoms with van der Waals surface area (Å²) in [5.41, 5.74) is 0. The minimum atomic E-state index is -0.590. The van der Waals surface area contributed by atoms with Gasteiger partial charge >= 0.3 is 45.1 Å². The summed E-state index contributed by atoms with van der Waals surface area (Å²) < 4.78 is 4.07. The Kier molecular flexibility index (Phi) is 6.22. The summed E-state index contributed by atoms with van der Waals surface area (Å²) in [6, 6.07) is -0.572. The summed E-state index contributed by atoms with van der Waals surface area (Å²) in [4.78, 5) is 23.5. The van der Waals surface area contributed by atoms with Gasteiger partial charge in [-0.15, -0.1) is 0 Å². The number of rotatable bonds is 2. The average Bonchev–Trinajstić information content (AvgIpc) is 2.63. The monoisotopic (exact) mass is 416 g/mol. The van der Waals surface area contributed by atoms with Crippen molar-refractivity contribution in [3.05, 3.63) is 12.7 Å². The summed E-state index contributed by atoms with van der Waals surface area (Å²) in [6.07, 6.45) is 2.27. The number of nitrogens with zero attached hydrogens (tertiary/aromatic N) is 1. The van der Waals surface area contributed by atoms with Crippen molar-refractivity contribution in [3.63, 3.8) is 0 Å². The molecule has 0 bridgehead atoms. The van der Waals surface area contributed by atoms with E-state index < -0.39 is 12.0 Å². The van der Waals surface area contributed by atoms with E-state index in [9.17, 15) is 9.59 Å². The third-order valence-corrected chi connectivity index (χ3v) is 2.07. The normalized spacial score (nSPS) is 19.7. The molecule has 0 saturated carbocycles. The van der Waals surface area contributed by atoms with Gasteiger partial charge in [-0.25, -0.2) is 0 Å². The fourth-order valence-electron chi connectivity index (χ4n) is 1.45. The van der Waals surface area contributed by atoms with Gasteiger partial charge < -0.3 is 14.3 Å². The second-order valence-corrected chi connectivity index (χ2v) is 2.79. The molecule has 1 aliphatic rings. The van der Waals surface area contributed by atoms with Gasteiger partial charge in [-0.1, -0.05) is 0 Å². The zero-order chi connectivity index (χ0) is 9.84. The van der Waals surface area contributed by atoms with Crippen LogP contribution in [0.1, 0.15) is 12.8 Å². The van der Waals surface area contributed by atoms with Crippen molar-refractivity contribution < 1.29 is 45.4 Å². The molecule has 0 N–H and O–H groups in total. The zero-order valence-electron chi connectivity index (χ0n) is 7.60. The zero-order valence-corrected chi connectivity index (χ0v) is 11.8. The van der Waals surface area contributed by atoms with E-state index in [0.717, 1.165) is 12.5 Å². The molecule has 1 amide bonds. The van der Waals surface area contributed by atoms with E-state index in [-0.39, 0.29) is 37.0 Å². The number of carbonyl (C=O) groups excluding carboxylic acids is 2. The molecular weight excluding hydrogens is 407 g/mol. The van der Waals surface area contributed by atoms with E-state index in [1.807, 2.05) is 0 Å². The van der Waals surface area contributed by atoms with Crippen molar-refractivity contribution in [2.24, 2.45) is 0 Å². The summed E-state index contributed by atoms with van der Waals surface area (Å²) in [5.74, 6) is -0.958. The van der Waals surface area contributed by atoms with Gasteiger partial charge in [-0.2, -0.15) is 6.08 Å². The fraction of sp³-hybridized carbons (Fsp3) is 0.500. The molecule has 14 heavy (non-hydrogen) atoms. The van der Waals surface area contributed by atoms with Crippen LogP contribution in [-0.2, 0) is 14.2 Å². The van der Waals surface area contributed by atoms with Crippen LogP contribution in [0.2, 0.25) is 0 Å². The Bertz CT molecular complexity index is 247. The Morgan fingerprint density at radius 3 is 2.71 bits per heavy atom. The first-order valence-corrected chi connectivity index (χ1v) is 3.97. The molecule has 1 atom stereocenters. The summed E-state index contributed by atoms with van der Waals surface area (Å²) in [6.45, 7) is 5.58. The Morgan fingerprint density at radius 1 is 1.57 bits per heavy atom. The van der Waals surface area contributed by atoms with Gasteiger partial charge in [0, 0.05) is 6.54 Å². The average molecular weight is 416 g/mol. The van der Waals surface area contributed by atoms with Gasteiger partial charge in [0.25, 0.3) is 0 Å². The minimum absolute atomic E-state index is 0. The molecule has 2 radical (unpaired) electrons. The van der Waals surface area contributed by atoms with Crippen molar-refractivity contribution >= 4 is 19.9 Å². The van der Waals surface area contributed by atoms with Crippen molar-refractivity contribution in [3.8, 4) is 0 Å². The van der Waals surface area contributed by atoms with E-state index in [2.05, 4.69) is 4.65 Å². The van der Waals surface area contributed by atoms with Crippen LogP contribution in [-0.4, -0.2) is 37.4 Å². The topological polar surface area (TPSA) is 46.6 Å². The Labute approximate surface area is 108 Å². The fourth-order valence-corrected chi connectivity index (χ4v) is 1.45. The van der Waals surface area contributed by atoms with Crippen LogP contribution in [0.25, 0.3) is 0 Å². The molecule has 1 fully saturated rings. The van der Waals surface area contributed by atoms with Crippen molar-refractivity contribution in [1.82, 2.24) is 4.90 Å². The quantitative estimate of drug-likeness (QED) is 0.350. The predicted molar refractivity (Wildman–Crippen MR) is 45.5 cm³/mol. The second kappa shape index (κ2) is 6.31. The van der Waals surface area contributed by atoms with Crippen LogP contribution in [0, 0.1) is 37.7 Å². The van der Waals surface area contributed by atoms with Gasteiger partial charge in [-0.05, 0) is 12.8 Å². The number of amides is 1. The van der Waals surface area contributed by atoms with Crippen molar-refractivity contribution in [2.75, 3.05) is 6.54 Å². The molecule has 70 valence electrons. The maximum absolute atomic E-state index is 11.1. The molecule has 0 spiro atoms. The smallest absolute Gasteiger partial charge is 0.542 e. The van der Waals surface area contributed by atoms with Gasteiger partial charge in [0.2, 0.25) is 0 Å². The van der Waals surface area contributed by atoms with E-state index in [1.54, 1.807) is 0 Å².